The van der Waals surface area contributed by atoms with Crippen molar-refractivity contribution in [2.45, 2.75) is 25.9 Å². The first-order valence-electron chi connectivity index (χ1n) is 14.1. The molecule has 2 amide bonds. The lowest BCUT2D eigenvalue weighted by Crippen LogP contribution is -2.30. The minimum Gasteiger partial charge on any atom is -0.497 e. The molecule has 3 N–H and O–H groups in total. The van der Waals surface area contributed by atoms with Gasteiger partial charge in [-0.2, -0.15) is 5.10 Å². The lowest BCUT2D eigenvalue weighted by atomic mass is 10.1. The van der Waals surface area contributed by atoms with Crippen molar-refractivity contribution in [3.63, 3.8) is 0 Å². The normalized spacial score (nSPS) is 15.0. The van der Waals surface area contributed by atoms with Gasteiger partial charge in [0.1, 0.15) is 22.6 Å². The van der Waals surface area contributed by atoms with Crippen LogP contribution in [-0.4, -0.2) is 83.3 Å². The Bertz CT molecular complexity index is 1650. The van der Waals surface area contributed by atoms with E-state index in [9.17, 15) is 9.59 Å². The van der Waals surface area contributed by atoms with Crippen LogP contribution in [0.1, 0.15) is 27.9 Å². The number of rotatable bonds is 11. The van der Waals surface area contributed by atoms with E-state index in [1.165, 1.54) is 0 Å². The zero-order valence-electron chi connectivity index (χ0n) is 24.9. The summed E-state index contributed by atoms with van der Waals surface area (Å²) in [6, 6.07) is 14.8. The van der Waals surface area contributed by atoms with Crippen LogP contribution >= 0.6 is 0 Å². The van der Waals surface area contributed by atoms with Crippen molar-refractivity contribution in [2.75, 3.05) is 46.2 Å². The van der Waals surface area contributed by atoms with Gasteiger partial charge in [-0.25, -0.2) is 9.67 Å². The summed E-state index contributed by atoms with van der Waals surface area (Å²) in [5.41, 5.74) is 8.49. The standard InChI is InChI=1S/C32H37N7O4/c1-21-7-12-26(25(18-21)30(33)41)43-27-13-15-34-32-29(27)31(36-39(32)19-22-8-10-24(42-4)11-9-22)35-23-14-17-38(20-23)28(40)6-5-16-37(2)3/h5-13,15,18,23H,14,16-17,19-20H2,1-4H3,(H2,33,41)(H,35,36)/b6-5+/t23-/m1/s1. The Morgan fingerprint density at radius 2 is 1.93 bits per heavy atom. The van der Waals surface area contributed by atoms with Crippen molar-refractivity contribution in [2.24, 2.45) is 5.73 Å². The SMILES string of the molecule is COc1ccc(Cn2nc(N[C@@H]3CCN(C(=O)/C=C/CN(C)C)C3)c3c(Oc4ccc(C)cc4C(N)=O)ccnc32)cc1. The van der Waals surface area contributed by atoms with E-state index in [4.69, 9.17) is 20.3 Å². The van der Waals surface area contributed by atoms with Crippen LogP contribution < -0.4 is 20.5 Å². The number of hydrogen-bond acceptors (Lipinski definition) is 8. The van der Waals surface area contributed by atoms with Gasteiger partial charge in [0.05, 0.1) is 19.2 Å². The van der Waals surface area contributed by atoms with Gasteiger partial charge in [0.2, 0.25) is 5.91 Å². The summed E-state index contributed by atoms with van der Waals surface area (Å²) in [6.07, 6.45) is 5.93. The Hall–Kier alpha value is -4.90. The highest BCUT2D eigenvalue weighted by atomic mass is 16.5. The number of anilines is 1. The number of benzene rings is 2. The van der Waals surface area contributed by atoms with Gasteiger partial charge in [-0.3, -0.25) is 9.59 Å². The molecular weight excluding hydrogens is 546 g/mol. The van der Waals surface area contributed by atoms with E-state index in [1.807, 2.05) is 71.9 Å². The molecule has 1 aliphatic heterocycles. The molecule has 2 aromatic heterocycles. The number of carbonyl (C=O) groups is 2. The molecule has 224 valence electrons. The summed E-state index contributed by atoms with van der Waals surface area (Å²) < 4.78 is 13.5. The van der Waals surface area contributed by atoms with E-state index >= 15 is 0 Å². The van der Waals surface area contributed by atoms with E-state index in [-0.39, 0.29) is 17.5 Å². The number of methoxy groups -OCH3 is 1. The van der Waals surface area contributed by atoms with E-state index in [0.29, 0.717) is 54.5 Å². The number of hydrogen-bond donors (Lipinski definition) is 2. The molecule has 11 nitrogen and oxygen atoms in total. The first kappa shape index (κ1) is 29.6. The van der Waals surface area contributed by atoms with Gasteiger partial charge in [-0.05, 0) is 57.3 Å². The fourth-order valence-electron chi connectivity index (χ4n) is 5.06. The highest BCUT2D eigenvalue weighted by Gasteiger charge is 2.28. The van der Waals surface area contributed by atoms with Crippen LogP contribution in [0.4, 0.5) is 5.82 Å². The first-order chi connectivity index (χ1) is 20.7. The summed E-state index contributed by atoms with van der Waals surface area (Å²) in [6.45, 7) is 4.23. The molecule has 11 heteroatoms. The van der Waals surface area contributed by atoms with Gasteiger partial charge in [-0.15, -0.1) is 0 Å². The molecule has 1 saturated heterocycles. The molecule has 43 heavy (non-hydrogen) atoms. The molecule has 4 aromatic rings. The van der Waals surface area contributed by atoms with Crippen molar-refractivity contribution in [3.05, 3.63) is 83.6 Å². The zero-order valence-corrected chi connectivity index (χ0v) is 24.9. The topological polar surface area (TPSA) is 128 Å². The molecule has 2 aromatic carbocycles. The number of nitrogens with one attached hydrogen (secondary N) is 1. The summed E-state index contributed by atoms with van der Waals surface area (Å²) in [5, 5.41) is 9.14. The third-order valence-corrected chi connectivity index (χ3v) is 7.28. The molecule has 0 saturated carbocycles. The predicted molar refractivity (Wildman–Crippen MR) is 166 cm³/mol. The average molecular weight is 584 g/mol. The highest BCUT2D eigenvalue weighted by Crippen LogP contribution is 2.36. The van der Waals surface area contributed by atoms with Gasteiger partial charge in [0.25, 0.3) is 5.91 Å². The average Bonchev–Trinajstić information content (AvgIpc) is 3.59. The van der Waals surface area contributed by atoms with Crippen molar-refractivity contribution in [3.8, 4) is 17.2 Å². The molecule has 3 heterocycles. The number of amides is 2. The van der Waals surface area contributed by atoms with E-state index < -0.39 is 5.91 Å². The number of ether oxygens (including phenoxy) is 2. The number of fused-ring (bicyclic) bond motifs is 1. The number of primary amides is 1. The van der Waals surface area contributed by atoms with Crippen LogP contribution in [0.25, 0.3) is 11.0 Å². The monoisotopic (exact) mass is 583 g/mol. The molecule has 1 fully saturated rings. The summed E-state index contributed by atoms with van der Waals surface area (Å²) >= 11 is 0. The summed E-state index contributed by atoms with van der Waals surface area (Å²) in [4.78, 5) is 33.5. The fraction of sp³-hybridized carbons (Fsp3) is 0.312. The van der Waals surface area contributed by atoms with Crippen LogP contribution in [0.3, 0.4) is 0 Å². The Kier molecular flexibility index (Phi) is 8.91. The quantitative estimate of drug-likeness (QED) is 0.255. The van der Waals surface area contributed by atoms with Crippen LogP contribution in [0.5, 0.6) is 17.2 Å². The molecule has 0 spiro atoms. The van der Waals surface area contributed by atoms with Gasteiger partial charge in [-0.1, -0.05) is 29.8 Å². The number of aromatic nitrogens is 3. The third-order valence-electron chi connectivity index (χ3n) is 7.28. The third kappa shape index (κ3) is 6.95. The van der Waals surface area contributed by atoms with E-state index in [2.05, 4.69) is 10.3 Å². The molecule has 5 rings (SSSR count). The number of carbonyl (C=O) groups excluding carboxylic acids is 2. The first-order valence-corrected chi connectivity index (χ1v) is 14.1. The second kappa shape index (κ2) is 13.0. The molecule has 1 aliphatic rings. The van der Waals surface area contributed by atoms with Crippen LogP contribution in [0.15, 0.2) is 66.9 Å². The summed E-state index contributed by atoms with van der Waals surface area (Å²) in [7, 11) is 5.56. The van der Waals surface area contributed by atoms with Gasteiger partial charge in [0.15, 0.2) is 11.5 Å². The van der Waals surface area contributed by atoms with Crippen LogP contribution in [-0.2, 0) is 11.3 Å². The number of nitrogens with zero attached hydrogens (tertiary/aromatic N) is 5. The second-order valence-electron chi connectivity index (χ2n) is 10.9. The lowest BCUT2D eigenvalue weighted by molar-refractivity contribution is -0.125. The highest BCUT2D eigenvalue weighted by molar-refractivity contribution is 5.97. The Morgan fingerprint density at radius 3 is 2.65 bits per heavy atom. The number of likely N-dealkylation sites (N-methyl/N-ethyl adjacent to an activating group) is 1. The number of aryl methyl sites for hydroxylation is 1. The lowest BCUT2D eigenvalue weighted by Gasteiger charge is -2.16. The maximum absolute atomic E-state index is 12.8. The van der Waals surface area contributed by atoms with E-state index in [1.54, 1.807) is 37.6 Å². The molecule has 0 aliphatic carbocycles. The second-order valence-corrected chi connectivity index (χ2v) is 10.9. The maximum Gasteiger partial charge on any atom is 0.252 e. The van der Waals surface area contributed by atoms with Crippen molar-refractivity contribution in [1.82, 2.24) is 24.6 Å². The van der Waals surface area contributed by atoms with Crippen LogP contribution in [0.2, 0.25) is 0 Å². The molecule has 0 unspecified atom stereocenters. The number of likely N-dealkylation sites (tertiary alicyclic amines) is 1. The Morgan fingerprint density at radius 1 is 1.14 bits per heavy atom. The maximum atomic E-state index is 12.8. The molecule has 0 bridgehead atoms. The van der Waals surface area contributed by atoms with Crippen molar-refractivity contribution in [1.29, 1.82) is 0 Å². The minimum absolute atomic E-state index is 0.00918. The van der Waals surface area contributed by atoms with E-state index in [0.717, 1.165) is 23.3 Å². The van der Waals surface area contributed by atoms with Crippen LogP contribution in [0, 0.1) is 6.92 Å². The fourth-order valence-corrected chi connectivity index (χ4v) is 5.06. The molecule has 1 atom stereocenters. The molecular formula is C32H37N7O4. The summed E-state index contributed by atoms with van der Waals surface area (Å²) in [5.74, 6) is 1.60. The Balaban J connectivity index is 1.47. The minimum atomic E-state index is -0.576. The van der Waals surface area contributed by atoms with Gasteiger partial charge < -0.3 is 30.3 Å². The largest absolute Gasteiger partial charge is 0.497 e. The molecule has 0 radical (unpaired) electrons. The van der Waals surface area contributed by atoms with Gasteiger partial charge >= 0.3 is 0 Å². The number of nitrogens with two attached hydrogens (primary N) is 1. The van der Waals surface area contributed by atoms with Crippen molar-refractivity contribution < 1.29 is 19.1 Å². The zero-order chi connectivity index (χ0) is 30.5. The Labute approximate surface area is 250 Å². The van der Waals surface area contributed by atoms with Crippen molar-refractivity contribution >= 4 is 28.7 Å². The number of pyridine rings is 1. The predicted octanol–water partition coefficient (Wildman–Crippen LogP) is 3.82. The smallest absolute Gasteiger partial charge is 0.252 e. The van der Waals surface area contributed by atoms with Gasteiger partial charge in [0, 0.05) is 44.0 Å².